The molecule has 0 spiro atoms. The fraction of sp³-hybridized carbons (Fsp3) is 0.130. The molecule has 0 aliphatic carbocycles. The maximum Gasteiger partial charge on any atom is 0.252 e. The maximum absolute atomic E-state index is 13.1. The Morgan fingerprint density at radius 1 is 1.00 bits per heavy atom. The van der Waals surface area contributed by atoms with Crippen LogP contribution in [0.1, 0.15) is 23.0 Å². The second kappa shape index (κ2) is 7.96. The molecular formula is C23H20N4O. The number of para-hydroxylation sites is 1. The molecule has 28 heavy (non-hydrogen) atoms. The van der Waals surface area contributed by atoms with Crippen LogP contribution in [0.2, 0.25) is 0 Å². The van der Waals surface area contributed by atoms with Crippen LogP contribution in [-0.2, 0) is 6.42 Å². The standard InChI is InChI=1S/C23H20N4O/c1-16(14-18-6-4-5-11-25-18)26-23(28)20-15-22(17-9-12-24-13-10-17)27-21-8-3-2-7-19(20)21/h2-13,15-16H,14H2,1H3,(H,26,28)/t16-/m0/s1. The Balaban J connectivity index is 1.65. The Bertz CT molecular complexity index is 1100. The maximum atomic E-state index is 13.1. The molecule has 138 valence electrons. The Labute approximate surface area is 163 Å². The molecule has 0 fully saturated rings. The zero-order valence-electron chi connectivity index (χ0n) is 15.5. The first-order valence-electron chi connectivity index (χ1n) is 9.21. The molecule has 1 atom stereocenters. The van der Waals surface area contributed by atoms with Crippen molar-refractivity contribution < 1.29 is 4.79 Å². The summed E-state index contributed by atoms with van der Waals surface area (Å²) in [5.41, 5.74) is 4.04. The number of rotatable bonds is 5. The van der Waals surface area contributed by atoms with Crippen molar-refractivity contribution in [2.75, 3.05) is 0 Å². The van der Waals surface area contributed by atoms with Crippen molar-refractivity contribution in [2.24, 2.45) is 0 Å². The fourth-order valence-corrected chi connectivity index (χ4v) is 3.22. The molecule has 0 aliphatic heterocycles. The molecule has 0 aliphatic rings. The number of nitrogens with one attached hydrogen (secondary N) is 1. The van der Waals surface area contributed by atoms with Crippen LogP contribution in [0.4, 0.5) is 0 Å². The van der Waals surface area contributed by atoms with Crippen LogP contribution in [0.3, 0.4) is 0 Å². The quantitative estimate of drug-likeness (QED) is 0.577. The van der Waals surface area contributed by atoms with Gasteiger partial charge in [-0.3, -0.25) is 14.8 Å². The van der Waals surface area contributed by atoms with Crippen molar-refractivity contribution in [2.45, 2.75) is 19.4 Å². The Morgan fingerprint density at radius 2 is 1.79 bits per heavy atom. The van der Waals surface area contributed by atoms with Gasteiger partial charge in [0.15, 0.2) is 0 Å². The van der Waals surface area contributed by atoms with Crippen LogP contribution in [0.5, 0.6) is 0 Å². The van der Waals surface area contributed by atoms with Crippen molar-refractivity contribution in [3.05, 3.63) is 90.5 Å². The van der Waals surface area contributed by atoms with Gasteiger partial charge in [0.25, 0.3) is 5.91 Å². The van der Waals surface area contributed by atoms with Gasteiger partial charge in [-0.1, -0.05) is 24.3 Å². The second-order valence-electron chi connectivity index (χ2n) is 6.71. The third-order valence-corrected chi connectivity index (χ3v) is 4.56. The lowest BCUT2D eigenvalue weighted by molar-refractivity contribution is 0.0941. The lowest BCUT2D eigenvalue weighted by atomic mass is 10.0. The molecule has 1 N–H and O–H groups in total. The molecule has 0 saturated carbocycles. The number of aromatic nitrogens is 3. The van der Waals surface area contributed by atoms with Gasteiger partial charge in [0.2, 0.25) is 0 Å². The summed E-state index contributed by atoms with van der Waals surface area (Å²) in [7, 11) is 0. The fourth-order valence-electron chi connectivity index (χ4n) is 3.22. The van der Waals surface area contributed by atoms with Gasteiger partial charge >= 0.3 is 0 Å². The largest absolute Gasteiger partial charge is 0.349 e. The number of carbonyl (C=O) groups excluding carboxylic acids is 1. The van der Waals surface area contributed by atoms with Crippen LogP contribution < -0.4 is 5.32 Å². The minimum atomic E-state index is -0.114. The summed E-state index contributed by atoms with van der Waals surface area (Å²) in [5.74, 6) is -0.114. The topological polar surface area (TPSA) is 67.8 Å². The van der Waals surface area contributed by atoms with E-state index in [1.165, 1.54) is 0 Å². The van der Waals surface area contributed by atoms with Crippen LogP contribution in [0.25, 0.3) is 22.2 Å². The van der Waals surface area contributed by atoms with Crippen molar-refractivity contribution in [1.82, 2.24) is 20.3 Å². The van der Waals surface area contributed by atoms with Gasteiger partial charge in [0.05, 0.1) is 16.8 Å². The molecule has 5 nitrogen and oxygen atoms in total. The summed E-state index contributed by atoms with van der Waals surface area (Å²) < 4.78 is 0. The van der Waals surface area contributed by atoms with E-state index in [1.54, 1.807) is 18.6 Å². The summed E-state index contributed by atoms with van der Waals surface area (Å²) >= 11 is 0. The number of hydrogen-bond donors (Lipinski definition) is 1. The highest BCUT2D eigenvalue weighted by Gasteiger charge is 2.16. The zero-order valence-corrected chi connectivity index (χ0v) is 15.5. The molecule has 1 aromatic carbocycles. The summed E-state index contributed by atoms with van der Waals surface area (Å²) in [6, 6.07) is 19.1. The Morgan fingerprint density at radius 3 is 2.57 bits per heavy atom. The average Bonchev–Trinajstić information content (AvgIpc) is 2.74. The van der Waals surface area contributed by atoms with E-state index in [4.69, 9.17) is 4.98 Å². The average molecular weight is 368 g/mol. The number of nitrogens with zero attached hydrogens (tertiary/aromatic N) is 3. The zero-order chi connectivity index (χ0) is 19.3. The summed E-state index contributed by atoms with van der Waals surface area (Å²) in [6.45, 7) is 1.99. The van der Waals surface area contributed by atoms with E-state index in [1.807, 2.05) is 67.6 Å². The van der Waals surface area contributed by atoms with Gasteiger partial charge in [-0.15, -0.1) is 0 Å². The van der Waals surface area contributed by atoms with E-state index in [-0.39, 0.29) is 11.9 Å². The van der Waals surface area contributed by atoms with Gasteiger partial charge in [-0.05, 0) is 43.3 Å². The number of carbonyl (C=O) groups is 1. The first kappa shape index (κ1) is 17.8. The number of hydrogen-bond acceptors (Lipinski definition) is 4. The Kier molecular flexibility index (Phi) is 5.06. The molecule has 0 unspecified atom stereocenters. The van der Waals surface area contributed by atoms with Crippen molar-refractivity contribution in [3.8, 4) is 11.3 Å². The van der Waals surface area contributed by atoms with Crippen molar-refractivity contribution in [1.29, 1.82) is 0 Å². The van der Waals surface area contributed by atoms with E-state index in [0.29, 0.717) is 12.0 Å². The molecule has 0 bridgehead atoms. The molecular weight excluding hydrogens is 348 g/mol. The SMILES string of the molecule is C[C@@H](Cc1ccccn1)NC(=O)c1cc(-c2ccncc2)nc2ccccc12. The molecule has 0 radical (unpaired) electrons. The van der Waals surface area contributed by atoms with Gasteiger partial charge in [-0.2, -0.15) is 0 Å². The highest BCUT2D eigenvalue weighted by molar-refractivity contribution is 6.07. The van der Waals surface area contributed by atoms with Crippen LogP contribution >= 0.6 is 0 Å². The smallest absolute Gasteiger partial charge is 0.252 e. The van der Waals surface area contributed by atoms with Crippen LogP contribution in [0, 0.1) is 0 Å². The molecule has 1 amide bonds. The van der Waals surface area contributed by atoms with Crippen LogP contribution in [0.15, 0.2) is 79.3 Å². The van der Waals surface area contributed by atoms with E-state index in [9.17, 15) is 4.79 Å². The third kappa shape index (κ3) is 3.88. The normalized spacial score (nSPS) is 11.9. The van der Waals surface area contributed by atoms with E-state index in [2.05, 4.69) is 15.3 Å². The lowest BCUT2D eigenvalue weighted by Crippen LogP contribution is -2.34. The summed E-state index contributed by atoms with van der Waals surface area (Å²) in [6.07, 6.45) is 5.88. The van der Waals surface area contributed by atoms with Gasteiger partial charge in [0.1, 0.15) is 0 Å². The number of amides is 1. The van der Waals surface area contributed by atoms with Crippen LogP contribution in [-0.4, -0.2) is 26.9 Å². The minimum absolute atomic E-state index is 0.0429. The molecule has 3 aromatic heterocycles. The molecule has 3 heterocycles. The predicted molar refractivity (Wildman–Crippen MR) is 110 cm³/mol. The first-order valence-corrected chi connectivity index (χ1v) is 9.21. The van der Waals surface area contributed by atoms with E-state index >= 15 is 0 Å². The van der Waals surface area contributed by atoms with E-state index < -0.39 is 0 Å². The van der Waals surface area contributed by atoms with Gasteiger partial charge < -0.3 is 5.32 Å². The van der Waals surface area contributed by atoms with Gasteiger partial charge in [-0.25, -0.2) is 4.98 Å². The molecule has 0 saturated heterocycles. The number of pyridine rings is 3. The lowest BCUT2D eigenvalue weighted by Gasteiger charge is -2.15. The second-order valence-corrected chi connectivity index (χ2v) is 6.71. The highest BCUT2D eigenvalue weighted by atomic mass is 16.1. The molecule has 4 aromatic rings. The Hall–Kier alpha value is -3.60. The van der Waals surface area contributed by atoms with Crippen molar-refractivity contribution in [3.63, 3.8) is 0 Å². The predicted octanol–water partition coefficient (Wildman–Crippen LogP) is 4.05. The number of benzene rings is 1. The van der Waals surface area contributed by atoms with E-state index in [0.717, 1.165) is 27.9 Å². The molecule has 4 rings (SSSR count). The first-order chi connectivity index (χ1) is 13.7. The van der Waals surface area contributed by atoms with Crippen molar-refractivity contribution >= 4 is 16.8 Å². The summed E-state index contributed by atoms with van der Waals surface area (Å²) in [5, 5.41) is 3.93. The van der Waals surface area contributed by atoms with Gasteiger partial charge in [0, 0.05) is 47.7 Å². The highest BCUT2D eigenvalue weighted by Crippen LogP contribution is 2.24. The minimum Gasteiger partial charge on any atom is -0.349 e. The summed E-state index contributed by atoms with van der Waals surface area (Å²) in [4.78, 5) is 26.2. The third-order valence-electron chi connectivity index (χ3n) is 4.56. The molecule has 5 heteroatoms. The monoisotopic (exact) mass is 368 g/mol. The number of fused-ring (bicyclic) bond motifs is 1.